The van der Waals surface area contributed by atoms with E-state index >= 15 is 0 Å². The number of hydrogen-bond donors (Lipinski definition) is 1. The molecule has 2 aromatic rings. The van der Waals surface area contributed by atoms with Gasteiger partial charge in [-0.15, -0.1) is 0 Å². The van der Waals surface area contributed by atoms with Crippen molar-refractivity contribution >= 4 is 0 Å². The van der Waals surface area contributed by atoms with Crippen LogP contribution in [0, 0.1) is 0 Å². The molecule has 3 rings (SSSR count). The van der Waals surface area contributed by atoms with Gasteiger partial charge in [0, 0.05) is 32.0 Å². The molecule has 0 aliphatic carbocycles. The molecule has 1 fully saturated rings. The fourth-order valence-corrected chi connectivity index (χ4v) is 2.51. The second-order valence-electron chi connectivity index (χ2n) is 5.12. The van der Waals surface area contributed by atoms with Gasteiger partial charge in [0.15, 0.2) is 0 Å². The molecule has 0 bridgehead atoms. The number of nitrogens with zero attached hydrogens (tertiary/aromatic N) is 3. The third-order valence-electron chi connectivity index (χ3n) is 3.67. The summed E-state index contributed by atoms with van der Waals surface area (Å²) >= 11 is 0. The van der Waals surface area contributed by atoms with Crippen molar-refractivity contribution in [2.75, 3.05) is 13.1 Å². The number of likely N-dealkylation sites (tertiary alicyclic amines) is 1. The van der Waals surface area contributed by atoms with E-state index in [9.17, 15) is 5.11 Å². The monoisotopic (exact) mass is 257 g/mol. The Hall–Kier alpha value is -1.65. The van der Waals surface area contributed by atoms with Crippen LogP contribution < -0.4 is 0 Å². The third kappa shape index (κ3) is 3.03. The second kappa shape index (κ2) is 5.55. The van der Waals surface area contributed by atoms with Gasteiger partial charge in [-0.1, -0.05) is 12.1 Å². The van der Waals surface area contributed by atoms with Gasteiger partial charge in [-0.25, -0.2) is 4.68 Å². The Morgan fingerprint density at radius 2 is 1.89 bits per heavy atom. The SMILES string of the molecule is OC1CCN(Cc2ccc(-n3cccn3)cc2)CC1. The minimum atomic E-state index is -0.0987. The molecular weight excluding hydrogens is 238 g/mol. The maximum Gasteiger partial charge on any atom is 0.0645 e. The highest BCUT2D eigenvalue weighted by molar-refractivity contribution is 5.33. The van der Waals surface area contributed by atoms with Crippen LogP contribution in [0.1, 0.15) is 18.4 Å². The van der Waals surface area contributed by atoms with Crippen LogP contribution in [0.4, 0.5) is 0 Å². The first-order valence-corrected chi connectivity index (χ1v) is 6.80. The van der Waals surface area contributed by atoms with Gasteiger partial charge >= 0.3 is 0 Å². The van der Waals surface area contributed by atoms with E-state index in [-0.39, 0.29) is 6.10 Å². The van der Waals surface area contributed by atoms with Gasteiger partial charge in [0.05, 0.1) is 11.8 Å². The van der Waals surface area contributed by atoms with E-state index in [0.717, 1.165) is 38.2 Å². The van der Waals surface area contributed by atoms with Crippen molar-refractivity contribution in [2.45, 2.75) is 25.5 Å². The number of benzene rings is 1. The number of piperidine rings is 1. The number of aliphatic hydroxyl groups is 1. The molecular formula is C15H19N3O. The highest BCUT2D eigenvalue weighted by atomic mass is 16.3. The smallest absolute Gasteiger partial charge is 0.0645 e. The maximum absolute atomic E-state index is 9.50. The number of aliphatic hydroxyl groups excluding tert-OH is 1. The molecule has 19 heavy (non-hydrogen) atoms. The molecule has 1 aliphatic heterocycles. The van der Waals surface area contributed by atoms with Gasteiger partial charge in [0.25, 0.3) is 0 Å². The summed E-state index contributed by atoms with van der Waals surface area (Å²) in [5.41, 5.74) is 2.40. The highest BCUT2D eigenvalue weighted by Gasteiger charge is 2.16. The van der Waals surface area contributed by atoms with Gasteiger partial charge in [0.1, 0.15) is 0 Å². The molecule has 0 atom stereocenters. The van der Waals surface area contributed by atoms with E-state index in [2.05, 4.69) is 34.3 Å². The predicted octanol–water partition coefficient (Wildman–Crippen LogP) is 1.83. The number of rotatable bonds is 3. The summed E-state index contributed by atoms with van der Waals surface area (Å²) in [6.45, 7) is 2.94. The summed E-state index contributed by atoms with van der Waals surface area (Å²) in [5.74, 6) is 0. The Bertz CT molecular complexity index is 499. The molecule has 4 heteroatoms. The Kier molecular flexibility index (Phi) is 3.62. The topological polar surface area (TPSA) is 41.3 Å². The minimum absolute atomic E-state index is 0.0987. The van der Waals surface area contributed by atoms with Crippen molar-refractivity contribution in [2.24, 2.45) is 0 Å². The van der Waals surface area contributed by atoms with Crippen molar-refractivity contribution in [1.82, 2.24) is 14.7 Å². The van der Waals surface area contributed by atoms with Crippen molar-refractivity contribution in [3.8, 4) is 5.69 Å². The molecule has 1 aromatic heterocycles. The largest absolute Gasteiger partial charge is 0.393 e. The molecule has 1 N–H and O–H groups in total. The van der Waals surface area contributed by atoms with Crippen LogP contribution in [-0.4, -0.2) is 39.0 Å². The van der Waals surface area contributed by atoms with Crippen LogP contribution in [0.15, 0.2) is 42.7 Å². The molecule has 100 valence electrons. The first-order chi connectivity index (χ1) is 9.31. The lowest BCUT2D eigenvalue weighted by Gasteiger charge is -2.29. The molecule has 4 nitrogen and oxygen atoms in total. The van der Waals surface area contributed by atoms with E-state index in [1.807, 2.05) is 16.9 Å². The standard InChI is InChI=1S/C15H19N3O/c19-15-6-10-17(11-7-15)12-13-2-4-14(5-3-13)18-9-1-8-16-18/h1-5,8-9,15,19H,6-7,10-12H2. The summed E-state index contributed by atoms with van der Waals surface area (Å²) < 4.78 is 1.86. The lowest BCUT2D eigenvalue weighted by atomic mass is 10.1. The molecule has 0 unspecified atom stereocenters. The lowest BCUT2D eigenvalue weighted by Crippen LogP contribution is -2.35. The Labute approximate surface area is 113 Å². The Morgan fingerprint density at radius 3 is 2.53 bits per heavy atom. The van der Waals surface area contributed by atoms with Crippen molar-refractivity contribution in [3.05, 3.63) is 48.3 Å². The molecule has 1 aliphatic rings. The fraction of sp³-hybridized carbons (Fsp3) is 0.400. The van der Waals surface area contributed by atoms with Gasteiger partial charge in [-0.3, -0.25) is 4.90 Å². The molecule has 0 radical (unpaired) electrons. The molecule has 0 amide bonds. The summed E-state index contributed by atoms with van der Waals surface area (Å²) in [5, 5.41) is 13.7. The van der Waals surface area contributed by atoms with E-state index in [1.165, 1.54) is 5.56 Å². The number of aromatic nitrogens is 2. The zero-order chi connectivity index (χ0) is 13.1. The molecule has 0 saturated carbocycles. The van der Waals surface area contributed by atoms with Crippen LogP contribution in [0.5, 0.6) is 0 Å². The highest BCUT2D eigenvalue weighted by Crippen LogP contribution is 2.15. The van der Waals surface area contributed by atoms with Crippen LogP contribution in [0.25, 0.3) is 5.69 Å². The van der Waals surface area contributed by atoms with E-state index < -0.39 is 0 Å². The van der Waals surface area contributed by atoms with E-state index in [0.29, 0.717) is 0 Å². The first kappa shape index (κ1) is 12.4. The summed E-state index contributed by atoms with van der Waals surface area (Å²) in [6, 6.07) is 10.4. The Balaban J connectivity index is 1.63. The average Bonchev–Trinajstić information content (AvgIpc) is 2.96. The quantitative estimate of drug-likeness (QED) is 0.912. The lowest BCUT2D eigenvalue weighted by molar-refractivity contribution is 0.0792. The van der Waals surface area contributed by atoms with Crippen LogP contribution in [0.2, 0.25) is 0 Å². The molecule has 1 aromatic carbocycles. The van der Waals surface area contributed by atoms with E-state index in [4.69, 9.17) is 0 Å². The van der Waals surface area contributed by atoms with Gasteiger partial charge < -0.3 is 5.11 Å². The Morgan fingerprint density at radius 1 is 1.16 bits per heavy atom. The van der Waals surface area contributed by atoms with Gasteiger partial charge in [0.2, 0.25) is 0 Å². The third-order valence-corrected chi connectivity index (χ3v) is 3.67. The minimum Gasteiger partial charge on any atom is -0.393 e. The van der Waals surface area contributed by atoms with Crippen molar-refractivity contribution in [3.63, 3.8) is 0 Å². The van der Waals surface area contributed by atoms with Crippen LogP contribution in [-0.2, 0) is 6.54 Å². The van der Waals surface area contributed by atoms with Crippen molar-refractivity contribution in [1.29, 1.82) is 0 Å². The average molecular weight is 257 g/mol. The molecule has 0 spiro atoms. The zero-order valence-electron chi connectivity index (χ0n) is 10.9. The van der Waals surface area contributed by atoms with Crippen LogP contribution in [0.3, 0.4) is 0 Å². The predicted molar refractivity (Wildman–Crippen MR) is 74.1 cm³/mol. The maximum atomic E-state index is 9.50. The van der Waals surface area contributed by atoms with E-state index in [1.54, 1.807) is 6.20 Å². The summed E-state index contributed by atoms with van der Waals surface area (Å²) in [7, 11) is 0. The summed E-state index contributed by atoms with van der Waals surface area (Å²) in [6.07, 6.45) is 5.42. The molecule has 1 saturated heterocycles. The second-order valence-corrected chi connectivity index (χ2v) is 5.12. The fourth-order valence-electron chi connectivity index (χ4n) is 2.51. The van der Waals surface area contributed by atoms with Crippen molar-refractivity contribution < 1.29 is 5.11 Å². The molecule has 2 heterocycles. The first-order valence-electron chi connectivity index (χ1n) is 6.80. The number of hydrogen-bond acceptors (Lipinski definition) is 3. The van der Waals surface area contributed by atoms with Gasteiger partial charge in [-0.05, 0) is 36.6 Å². The summed E-state index contributed by atoms with van der Waals surface area (Å²) in [4.78, 5) is 2.40. The van der Waals surface area contributed by atoms with Crippen LogP contribution >= 0.6 is 0 Å². The zero-order valence-corrected chi connectivity index (χ0v) is 10.9. The van der Waals surface area contributed by atoms with Gasteiger partial charge in [-0.2, -0.15) is 5.10 Å². The normalized spacial score (nSPS) is 17.7.